The number of benzene rings is 1. The van der Waals surface area contributed by atoms with Crippen molar-refractivity contribution in [1.29, 1.82) is 0 Å². The van der Waals surface area contributed by atoms with Gasteiger partial charge in [-0.1, -0.05) is 32.9 Å². The standard InChI is InChI=1S/C15H23NO3S/c1-5-13(6-2)16(4)20(18,19)14-10-8-9-12(11-14)15(17)7-3/h8-11,13H,5-7H2,1-4H3. The van der Waals surface area contributed by atoms with Crippen LogP contribution in [0.15, 0.2) is 29.2 Å². The molecule has 5 heteroatoms. The maximum atomic E-state index is 12.6. The summed E-state index contributed by atoms with van der Waals surface area (Å²) in [6, 6.07) is 6.27. The fraction of sp³-hybridized carbons (Fsp3) is 0.533. The van der Waals surface area contributed by atoms with Crippen molar-refractivity contribution in [3.8, 4) is 0 Å². The van der Waals surface area contributed by atoms with E-state index in [2.05, 4.69) is 0 Å². The topological polar surface area (TPSA) is 54.5 Å². The van der Waals surface area contributed by atoms with E-state index in [1.54, 1.807) is 32.2 Å². The van der Waals surface area contributed by atoms with Gasteiger partial charge in [0.05, 0.1) is 4.90 Å². The van der Waals surface area contributed by atoms with Gasteiger partial charge in [-0.3, -0.25) is 4.79 Å². The lowest BCUT2D eigenvalue weighted by molar-refractivity contribution is 0.0988. The number of ketones is 1. The molecule has 0 heterocycles. The van der Waals surface area contributed by atoms with Crippen LogP contribution >= 0.6 is 0 Å². The van der Waals surface area contributed by atoms with Gasteiger partial charge in [-0.25, -0.2) is 8.42 Å². The molecule has 0 unspecified atom stereocenters. The van der Waals surface area contributed by atoms with Crippen LogP contribution in [0.3, 0.4) is 0 Å². The summed E-state index contributed by atoms with van der Waals surface area (Å²) >= 11 is 0. The summed E-state index contributed by atoms with van der Waals surface area (Å²) in [4.78, 5) is 11.9. The minimum Gasteiger partial charge on any atom is -0.294 e. The molecule has 1 aromatic carbocycles. The van der Waals surface area contributed by atoms with Gasteiger partial charge in [0.25, 0.3) is 0 Å². The Morgan fingerprint density at radius 3 is 2.30 bits per heavy atom. The van der Waals surface area contributed by atoms with E-state index < -0.39 is 10.0 Å². The van der Waals surface area contributed by atoms with Gasteiger partial charge in [0.1, 0.15) is 0 Å². The second-order valence-corrected chi connectivity index (χ2v) is 6.79. The molecule has 1 aromatic rings. The molecule has 112 valence electrons. The molecule has 0 radical (unpaired) electrons. The molecule has 0 bridgehead atoms. The monoisotopic (exact) mass is 297 g/mol. The summed E-state index contributed by atoms with van der Waals surface area (Å²) in [5.41, 5.74) is 0.450. The van der Waals surface area contributed by atoms with Crippen molar-refractivity contribution in [3.05, 3.63) is 29.8 Å². The van der Waals surface area contributed by atoms with Crippen LogP contribution in [0.25, 0.3) is 0 Å². The fourth-order valence-corrected chi connectivity index (χ4v) is 3.75. The van der Waals surface area contributed by atoms with Crippen LogP contribution in [0.2, 0.25) is 0 Å². The normalized spacial score (nSPS) is 12.1. The predicted octanol–water partition coefficient (Wildman–Crippen LogP) is 3.09. The first-order valence-corrected chi connectivity index (χ1v) is 8.43. The van der Waals surface area contributed by atoms with Crippen molar-refractivity contribution < 1.29 is 13.2 Å². The number of carbonyl (C=O) groups is 1. The summed E-state index contributed by atoms with van der Waals surface area (Å²) < 4.78 is 26.5. The number of rotatable bonds is 7. The van der Waals surface area contributed by atoms with E-state index in [1.165, 1.54) is 10.4 Å². The largest absolute Gasteiger partial charge is 0.294 e. The van der Waals surface area contributed by atoms with Gasteiger partial charge < -0.3 is 0 Å². The van der Waals surface area contributed by atoms with Crippen molar-refractivity contribution >= 4 is 15.8 Å². The maximum Gasteiger partial charge on any atom is 0.243 e. The lowest BCUT2D eigenvalue weighted by atomic mass is 10.1. The molecule has 0 saturated heterocycles. The molecular weight excluding hydrogens is 274 g/mol. The first-order valence-electron chi connectivity index (χ1n) is 6.99. The maximum absolute atomic E-state index is 12.6. The Bertz CT molecular complexity index is 562. The Labute approximate surface area is 121 Å². The fourth-order valence-electron chi connectivity index (χ4n) is 2.20. The molecule has 1 rings (SSSR count). The van der Waals surface area contributed by atoms with Crippen LogP contribution < -0.4 is 0 Å². The second-order valence-electron chi connectivity index (χ2n) is 4.80. The van der Waals surface area contributed by atoms with E-state index in [-0.39, 0.29) is 16.7 Å². The van der Waals surface area contributed by atoms with E-state index in [4.69, 9.17) is 0 Å². The molecule has 20 heavy (non-hydrogen) atoms. The molecule has 0 saturated carbocycles. The molecule has 0 aromatic heterocycles. The van der Waals surface area contributed by atoms with Gasteiger partial charge in [0, 0.05) is 25.1 Å². The molecule has 0 spiro atoms. The van der Waals surface area contributed by atoms with Gasteiger partial charge in [0.15, 0.2) is 5.78 Å². The van der Waals surface area contributed by atoms with Gasteiger partial charge in [0.2, 0.25) is 10.0 Å². The van der Waals surface area contributed by atoms with Crippen LogP contribution in [-0.4, -0.2) is 31.6 Å². The molecule has 0 N–H and O–H groups in total. The smallest absolute Gasteiger partial charge is 0.243 e. The summed E-state index contributed by atoms with van der Waals surface area (Å²) in [5.74, 6) is -0.0489. The number of hydrogen-bond donors (Lipinski definition) is 0. The average molecular weight is 297 g/mol. The Kier molecular flexibility index (Phi) is 5.89. The Balaban J connectivity index is 3.19. The van der Waals surface area contributed by atoms with E-state index in [1.807, 2.05) is 13.8 Å². The second kappa shape index (κ2) is 6.99. The first kappa shape index (κ1) is 16.9. The molecule has 0 atom stereocenters. The van der Waals surface area contributed by atoms with Crippen molar-refractivity contribution in [1.82, 2.24) is 4.31 Å². The zero-order chi connectivity index (χ0) is 15.3. The highest BCUT2D eigenvalue weighted by atomic mass is 32.2. The van der Waals surface area contributed by atoms with Crippen molar-refractivity contribution in [2.24, 2.45) is 0 Å². The zero-order valence-corrected chi connectivity index (χ0v) is 13.4. The third-order valence-electron chi connectivity index (χ3n) is 3.61. The minimum absolute atomic E-state index is 0.0227. The highest BCUT2D eigenvalue weighted by Crippen LogP contribution is 2.21. The van der Waals surface area contributed by atoms with E-state index in [0.717, 1.165) is 12.8 Å². The third kappa shape index (κ3) is 3.46. The molecule has 0 aliphatic carbocycles. The van der Waals surface area contributed by atoms with Crippen LogP contribution in [0, 0.1) is 0 Å². The number of sulfonamides is 1. The Morgan fingerprint density at radius 1 is 1.20 bits per heavy atom. The summed E-state index contributed by atoms with van der Waals surface area (Å²) in [6.45, 7) is 5.70. The molecule has 0 aliphatic heterocycles. The lowest BCUT2D eigenvalue weighted by Crippen LogP contribution is -2.36. The Hall–Kier alpha value is -1.20. The summed E-state index contributed by atoms with van der Waals surface area (Å²) in [7, 11) is -1.95. The minimum atomic E-state index is -3.55. The van der Waals surface area contributed by atoms with E-state index >= 15 is 0 Å². The highest BCUT2D eigenvalue weighted by molar-refractivity contribution is 7.89. The zero-order valence-electron chi connectivity index (χ0n) is 12.6. The number of Topliss-reactive ketones (excluding diaryl/α,β-unsaturated/α-hetero) is 1. The molecular formula is C15H23NO3S. The van der Waals surface area contributed by atoms with Crippen LogP contribution in [0.1, 0.15) is 50.4 Å². The number of hydrogen-bond acceptors (Lipinski definition) is 3. The average Bonchev–Trinajstić information content (AvgIpc) is 2.47. The van der Waals surface area contributed by atoms with Crippen LogP contribution in [-0.2, 0) is 10.0 Å². The number of carbonyl (C=O) groups excluding carboxylic acids is 1. The van der Waals surface area contributed by atoms with Gasteiger partial charge in [-0.15, -0.1) is 0 Å². The SMILES string of the molecule is CCC(=O)c1cccc(S(=O)(=O)N(C)C(CC)CC)c1. The van der Waals surface area contributed by atoms with Gasteiger partial charge >= 0.3 is 0 Å². The predicted molar refractivity (Wildman–Crippen MR) is 80.4 cm³/mol. The van der Waals surface area contributed by atoms with Crippen LogP contribution in [0.4, 0.5) is 0 Å². The molecule has 0 aliphatic rings. The van der Waals surface area contributed by atoms with E-state index in [0.29, 0.717) is 12.0 Å². The van der Waals surface area contributed by atoms with Gasteiger partial charge in [-0.2, -0.15) is 4.31 Å². The molecule has 0 fully saturated rings. The lowest BCUT2D eigenvalue weighted by Gasteiger charge is -2.25. The quantitative estimate of drug-likeness (QED) is 0.727. The van der Waals surface area contributed by atoms with E-state index in [9.17, 15) is 13.2 Å². The van der Waals surface area contributed by atoms with Crippen LogP contribution in [0.5, 0.6) is 0 Å². The van der Waals surface area contributed by atoms with Crippen molar-refractivity contribution in [2.45, 2.75) is 51.0 Å². The van der Waals surface area contributed by atoms with Crippen molar-refractivity contribution in [2.75, 3.05) is 7.05 Å². The Morgan fingerprint density at radius 2 is 1.80 bits per heavy atom. The summed E-state index contributed by atoms with van der Waals surface area (Å²) in [6.07, 6.45) is 1.89. The highest BCUT2D eigenvalue weighted by Gasteiger charge is 2.26. The number of nitrogens with zero attached hydrogens (tertiary/aromatic N) is 1. The van der Waals surface area contributed by atoms with Crippen molar-refractivity contribution in [3.63, 3.8) is 0 Å². The molecule has 4 nitrogen and oxygen atoms in total. The summed E-state index contributed by atoms with van der Waals surface area (Å²) in [5, 5.41) is 0. The first-order chi connectivity index (χ1) is 9.38. The molecule has 0 amide bonds. The van der Waals surface area contributed by atoms with Gasteiger partial charge in [-0.05, 0) is 25.0 Å². The third-order valence-corrected chi connectivity index (χ3v) is 5.52.